The Kier molecular flexibility index (Phi) is 13.4. The molecule has 1 nitrogen and oxygen atoms in total. The van der Waals surface area contributed by atoms with Crippen molar-refractivity contribution in [1.82, 2.24) is 5.32 Å². The highest BCUT2D eigenvalue weighted by Crippen LogP contribution is 2.15. The van der Waals surface area contributed by atoms with E-state index in [1.54, 1.807) is 0 Å². The molecule has 0 spiro atoms. The molecular formula is C17H37N. The van der Waals surface area contributed by atoms with E-state index < -0.39 is 0 Å². The molecule has 0 aromatic rings. The standard InChI is InChI=1S/C17H37N/c1-5-6-7-8-9-10-11-12-13-14-15-16(2)17(3)18-4/h16-18H,5-15H2,1-4H3. The van der Waals surface area contributed by atoms with Gasteiger partial charge < -0.3 is 5.32 Å². The first-order valence-corrected chi connectivity index (χ1v) is 8.39. The van der Waals surface area contributed by atoms with Gasteiger partial charge in [0.05, 0.1) is 0 Å². The molecule has 0 saturated heterocycles. The van der Waals surface area contributed by atoms with E-state index >= 15 is 0 Å². The van der Waals surface area contributed by atoms with Gasteiger partial charge in [0, 0.05) is 6.04 Å². The maximum absolute atomic E-state index is 3.35. The van der Waals surface area contributed by atoms with E-state index in [9.17, 15) is 0 Å². The zero-order valence-corrected chi connectivity index (χ0v) is 13.4. The Bertz CT molecular complexity index is 156. The van der Waals surface area contributed by atoms with Crippen LogP contribution in [0.2, 0.25) is 0 Å². The molecule has 1 heteroatoms. The van der Waals surface area contributed by atoms with E-state index in [1.807, 2.05) is 0 Å². The molecule has 0 saturated carbocycles. The smallest absolute Gasteiger partial charge is 0.00613 e. The molecule has 18 heavy (non-hydrogen) atoms. The summed E-state index contributed by atoms with van der Waals surface area (Å²) in [7, 11) is 2.07. The molecule has 0 rings (SSSR count). The second-order valence-electron chi connectivity index (χ2n) is 6.03. The molecule has 0 aromatic carbocycles. The van der Waals surface area contributed by atoms with Crippen LogP contribution in [0, 0.1) is 5.92 Å². The molecule has 0 amide bonds. The maximum atomic E-state index is 3.35. The van der Waals surface area contributed by atoms with Crippen molar-refractivity contribution in [2.75, 3.05) is 7.05 Å². The normalized spacial score (nSPS) is 14.7. The Labute approximate surface area is 116 Å². The van der Waals surface area contributed by atoms with E-state index in [1.165, 1.54) is 70.6 Å². The molecule has 2 atom stereocenters. The van der Waals surface area contributed by atoms with Crippen molar-refractivity contribution in [2.45, 2.75) is 97.4 Å². The van der Waals surface area contributed by atoms with Crippen molar-refractivity contribution in [3.05, 3.63) is 0 Å². The topological polar surface area (TPSA) is 12.0 Å². The lowest BCUT2D eigenvalue weighted by Crippen LogP contribution is -2.28. The predicted octanol–water partition coefficient (Wildman–Crippen LogP) is 5.54. The predicted molar refractivity (Wildman–Crippen MR) is 84.1 cm³/mol. The van der Waals surface area contributed by atoms with E-state index in [0.29, 0.717) is 6.04 Å². The summed E-state index contributed by atoms with van der Waals surface area (Å²) in [6.07, 6.45) is 15.8. The highest BCUT2D eigenvalue weighted by molar-refractivity contribution is 4.66. The van der Waals surface area contributed by atoms with Crippen molar-refractivity contribution in [3.8, 4) is 0 Å². The fourth-order valence-corrected chi connectivity index (χ4v) is 2.49. The summed E-state index contributed by atoms with van der Waals surface area (Å²) in [5, 5.41) is 3.35. The van der Waals surface area contributed by atoms with Crippen LogP contribution in [0.15, 0.2) is 0 Å². The monoisotopic (exact) mass is 255 g/mol. The van der Waals surface area contributed by atoms with Crippen LogP contribution in [0.25, 0.3) is 0 Å². The summed E-state index contributed by atoms with van der Waals surface area (Å²) in [6, 6.07) is 0.670. The van der Waals surface area contributed by atoms with Crippen LogP contribution in [-0.4, -0.2) is 13.1 Å². The van der Waals surface area contributed by atoms with Crippen LogP contribution < -0.4 is 5.32 Å². The van der Waals surface area contributed by atoms with Gasteiger partial charge in [-0.15, -0.1) is 0 Å². The van der Waals surface area contributed by atoms with E-state index in [4.69, 9.17) is 0 Å². The average Bonchev–Trinajstić information content (AvgIpc) is 2.39. The van der Waals surface area contributed by atoms with Gasteiger partial charge in [-0.1, -0.05) is 78.1 Å². The molecule has 0 bridgehead atoms. The first-order chi connectivity index (χ1) is 8.72. The number of nitrogens with one attached hydrogen (secondary N) is 1. The molecule has 0 heterocycles. The summed E-state index contributed by atoms with van der Waals surface area (Å²) < 4.78 is 0. The molecule has 110 valence electrons. The third-order valence-corrected chi connectivity index (χ3v) is 4.32. The lowest BCUT2D eigenvalue weighted by Gasteiger charge is -2.18. The molecule has 1 N–H and O–H groups in total. The van der Waals surface area contributed by atoms with Gasteiger partial charge in [0.2, 0.25) is 0 Å². The lowest BCUT2D eigenvalue weighted by atomic mass is 9.96. The third kappa shape index (κ3) is 11.1. The van der Waals surface area contributed by atoms with Crippen LogP contribution in [0.5, 0.6) is 0 Å². The van der Waals surface area contributed by atoms with E-state index in [-0.39, 0.29) is 0 Å². The fraction of sp³-hybridized carbons (Fsp3) is 1.00. The molecule has 0 fully saturated rings. The lowest BCUT2D eigenvalue weighted by molar-refractivity contribution is 0.383. The first-order valence-electron chi connectivity index (χ1n) is 8.39. The van der Waals surface area contributed by atoms with Crippen LogP contribution >= 0.6 is 0 Å². The van der Waals surface area contributed by atoms with Crippen molar-refractivity contribution >= 4 is 0 Å². The SMILES string of the molecule is CCCCCCCCCCCCC(C)C(C)NC. The van der Waals surface area contributed by atoms with Crippen LogP contribution in [-0.2, 0) is 0 Å². The van der Waals surface area contributed by atoms with Crippen molar-refractivity contribution in [3.63, 3.8) is 0 Å². The average molecular weight is 255 g/mol. The Morgan fingerprint density at radius 1 is 0.722 bits per heavy atom. The Balaban J connectivity index is 3.11. The quantitative estimate of drug-likeness (QED) is 0.426. The van der Waals surface area contributed by atoms with E-state index in [0.717, 1.165) is 5.92 Å². The maximum Gasteiger partial charge on any atom is 0.00613 e. The summed E-state index contributed by atoms with van der Waals surface area (Å²) in [4.78, 5) is 0. The number of rotatable bonds is 13. The zero-order valence-electron chi connectivity index (χ0n) is 13.4. The summed E-state index contributed by atoms with van der Waals surface area (Å²) in [5.74, 6) is 0.823. The van der Waals surface area contributed by atoms with Crippen LogP contribution in [0.3, 0.4) is 0 Å². The van der Waals surface area contributed by atoms with E-state index in [2.05, 4.69) is 33.1 Å². The highest BCUT2D eigenvalue weighted by Gasteiger charge is 2.08. The largest absolute Gasteiger partial charge is 0.317 e. The minimum atomic E-state index is 0.670. The van der Waals surface area contributed by atoms with Crippen LogP contribution in [0.4, 0.5) is 0 Å². The number of hydrogen-bond donors (Lipinski definition) is 1. The fourth-order valence-electron chi connectivity index (χ4n) is 2.49. The summed E-state index contributed by atoms with van der Waals surface area (Å²) in [6.45, 7) is 6.95. The zero-order chi connectivity index (χ0) is 13.6. The molecular weight excluding hydrogens is 218 g/mol. The van der Waals surface area contributed by atoms with Crippen LogP contribution in [0.1, 0.15) is 91.4 Å². The third-order valence-electron chi connectivity index (χ3n) is 4.32. The minimum absolute atomic E-state index is 0.670. The van der Waals surface area contributed by atoms with Gasteiger partial charge >= 0.3 is 0 Å². The second kappa shape index (κ2) is 13.4. The molecule has 0 aliphatic rings. The summed E-state index contributed by atoms with van der Waals surface area (Å²) >= 11 is 0. The van der Waals surface area contributed by atoms with Crippen molar-refractivity contribution in [2.24, 2.45) is 5.92 Å². The van der Waals surface area contributed by atoms with Gasteiger partial charge in [0.25, 0.3) is 0 Å². The Morgan fingerprint density at radius 3 is 1.61 bits per heavy atom. The van der Waals surface area contributed by atoms with Gasteiger partial charge in [-0.2, -0.15) is 0 Å². The van der Waals surface area contributed by atoms with Gasteiger partial charge in [-0.3, -0.25) is 0 Å². The number of unbranched alkanes of at least 4 members (excludes halogenated alkanes) is 9. The highest BCUT2D eigenvalue weighted by atomic mass is 14.9. The van der Waals surface area contributed by atoms with Gasteiger partial charge in [0.1, 0.15) is 0 Å². The minimum Gasteiger partial charge on any atom is -0.317 e. The molecule has 2 unspecified atom stereocenters. The van der Waals surface area contributed by atoms with Gasteiger partial charge in [0.15, 0.2) is 0 Å². The van der Waals surface area contributed by atoms with Gasteiger partial charge in [-0.25, -0.2) is 0 Å². The molecule has 0 aliphatic heterocycles. The van der Waals surface area contributed by atoms with Gasteiger partial charge in [-0.05, 0) is 26.3 Å². The first kappa shape index (κ1) is 18.0. The number of hydrogen-bond acceptors (Lipinski definition) is 1. The molecule has 0 aliphatic carbocycles. The Morgan fingerprint density at radius 2 is 1.17 bits per heavy atom. The Hall–Kier alpha value is -0.0400. The second-order valence-corrected chi connectivity index (χ2v) is 6.03. The van der Waals surface area contributed by atoms with Crippen molar-refractivity contribution < 1.29 is 0 Å². The van der Waals surface area contributed by atoms with Crippen molar-refractivity contribution in [1.29, 1.82) is 0 Å². The molecule has 0 radical (unpaired) electrons. The molecule has 0 aromatic heterocycles. The summed E-state index contributed by atoms with van der Waals surface area (Å²) in [5.41, 5.74) is 0.